The molecular weight excluding hydrogens is 434 g/mol. The van der Waals surface area contributed by atoms with Crippen molar-refractivity contribution < 1.29 is 23.8 Å². The van der Waals surface area contributed by atoms with Gasteiger partial charge in [0.05, 0.1) is 18.4 Å². The third kappa shape index (κ3) is 4.30. The van der Waals surface area contributed by atoms with Gasteiger partial charge in [0.25, 0.3) is 5.91 Å². The van der Waals surface area contributed by atoms with E-state index in [1.165, 1.54) is 7.11 Å². The summed E-state index contributed by atoms with van der Waals surface area (Å²) >= 11 is 0. The first-order chi connectivity index (χ1) is 16.6. The summed E-state index contributed by atoms with van der Waals surface area (Å²) < 4.78 is 17.9. The minimum absolute atomic E-state index is 0.303. The van der Waals surface area contributed by atoms with Crippen LogP contribution >= 0.6 is 0 Å². The highest BCUT2D eigenvalue weighted by atomic mass is 16.6. The van der Waals surface area contributed by atoms with Crippen LogP contribution in [0.5, 0.6) is 11.5 Å². The Bertz CT molecular complexity index is 1300. The molecule has 1 N–H and O–H groups in total. The lowest BCUT2D eigenvalue weighted by molar-refractivity contribution is 0.0600. The van der Waals surface area contributed by atoms with E-state index in [1.54, 1.807) is 24.3 Å². The largest absolute Gasteiger partial charge is 0.486 e. The molecule has 0 bridgehead atoms. The van der Waals surface area contributed by atoms with Crippen LogP contribution in [0.2, 0.25) is 0 Å². The molecule has 0 spiro atoms. The standard InChI is InChI=1S/C26H23N3O5/c1-32-26(31)17-7-10-19(11-8-17)27-25(30)21-16-20-5-3-2-4-6-22(29(20)28-21)18-9-12-23-24(15-18)34-14-13-33-23/h2,4,6-12,15-16H,3,5,13-14H2,1H3,(H,27,30)/b4-2-,22-6-. The molecule has 0 aliphatic carbocycles. The molecule has 8 nitrogen and oxygen atoms in total. The van der Waals surface area contributed by atoms with Crippen LogP contribution < -0.4 is 14.8 Å². The number of carbonyl (C=O) groups is 2. The van der Waals surface area contributed by atoms with Gasteiger partial charge in [0, 0.05) is 16.9 Å². The van der Waals surface area contributed by atoms with E-state index < -0.39 is 5.97 Å². The second-order valence-corrected chi connectivity index (χ2v) is 7.83. The third-order valence-corrected chi connectivity index (χ3v) is 5.60. The Balaban J connectivity index is 1.43. The fourth-order valence-electron chi connectivity index (χ4n) is 3.90. The maximum absolute atomic E-state index is 13.0. The van der Waals surface area contributed by atoms with Crippen molar-refractivity contribution in [1.29, 1.82) is 0 Å². The predicted octanol–water partition coefficient (Wildman–Crippen LogP) is 4.08. The SMILES string of the molecule is COC(=O)c1ccc(NC(=O)c2cc3n(n2)/C(c2ccc4c(c2)OCCO4)=C\C=C/CC3)cc1. The number of hydrogen-bond acceptors (Lipinski definition) is 6. The number of esters is 1. The Kier molecular flexibility index (Phi) is 5.86. The molecule has 0 saturated carbocycles. The molecule has 0 atom stereocenters. The summed E-state index contributed by atoms with van der Waals surface area (Å²) in [6.07, 6.45) is 7.66. The number of nitrogens with one attached hydrogen (secondary N) is 1. The highest BCUT2D eigenvalue weighted by molar-refractivity contribution is 6.03. The van der Waals surface area contributed by atoms with E-state index in [4.69, 9.17) is 14.2 Å². The average molecular weight is 457 g/mol. The van der Waals surface area contributed by atoms with Crippen LogP contribution in [0.25, 0.3) is 5.70 Å². The van der Waals surface area contributed by atoms with Crippen molar-refractivity contribution in [2.24, 2.45) is 0 Å². The second kappa shape index (κ2) is 9.27. The molecule has 5 rings (SSSR count). The lowest BCUT2D eigenvalue weighted by Gasteiger charge is -2.20. The molecule has 3 heterocycles. The van der Waals surface area contributed by atoms with Crippen molar-refractivity contribution in [2.45, 2.75) is 12.8 Å². The molecule has 0 radical (unpaired) electrons. The molecule has 172 valence electrons. The molecular formula is C26H23N3O5. The quantitative estimate of drug-likeness (QED) is 0.594. The van der Waals surface area contributed by atoms with Crippen molar-refractivity contribution in [3.05, 3.63) is 89.3 Å². The molecule has 0 unspecified atom stereocenters. The maximum atomic E-state index is 13.0. The van der Waals surface area contributed by atoms with Gasteiger partial charge in [-0.05, 0) is 67.4 Å². The van der Waals surface area contributed by atoms with Crippen LogP contribution in [0.1, 0.15) is 38.5 Å². The summed E-state index contributed by atoms with van der Waals surface area (Å²) in [6, 6.07) is 14.1. The number of allylic oxidation sites excluding steroid dienone is 3. The van der Waals surface area contributed by atoms with E-state index >= 15 is 0 Å². The van der Waals surface area contributed by atoms with E-state index in [0.717, 1.165) is 35.5 Å². The zero-order chi connectivity index (χ0) is 23.5. The predicted molar refractivity (Wildman–Crippen MR) is 126 cm³/mol. The molecule has 1 amide bonds. The van der Waals surface area contributed by atoms with Crippen molar-refractivity contribution >= 4 is 23.3 Å². The monoisotopic (exact) mass is 457 g/mol. The zero-order valence-corrected chi connectivity index (χ0v) is 18.6. The minimum atomic E-state index is -0.432. The van der Waals surface area contributed by atoms with Crippen LogP contribution in [-0.4, -0.2) is 42.0 Å². The number of hydrogen-bond donors (Lipinski definition) is 1. The van der Waals surface area contributed by atoms with E-state index in [1.807, 2.05) is 41.1 Å². The van der Waals surface area contributed by atoms with E-state index in [0.29, 0.717) is 35.9 Å². The van der Waals surface area contributed by atoms with Gasteiger partial charge in [0.2, 0.25) is 0 Å². The lowest BCUT2D eigenvalue weighted by atomic mass is 10.1. The second-order valence-electron chi connectivity index (χ2n) is 7.83. The summed E-state index contributed by atoms with van der Waals surface area (Å²) in [5.41, 5.74) is 3.94. The first-order valence-electron chi connectivity index (χ1n) is 11.0. The zero-order valence-electron chi connectivity index (χ0n) is 18.6. The summed E-state index contributed by atoms with van der Waals surface area (Å²) in [5, 5.41) is 7.47. The summed E-state index contributed by atoms with van der Waals surface area (Å²) in [5.74, 6) is 0.645. The molecule has 2 aliphatic heterocycles. The van der Waals surface area contributed by atoms with Crippen molar-refractivity contribution in [1.82, 2.24) is 9.78 Å². The molecule has 3 aromatic rings. The van der Waals surface area contributed by atoms with Gasteiger partial charge in [-0.1, -0.05) is 12.2 Å². The summed E-state index contributed by atoms with van der Waals surface area (Å²) in [6.45, 7) is 1.04. The Morgan fingerprint density at radius 2 is 1.82 bits per heavy atom. The van der Waals surface area contributed by atoms with Gasteiger partial charge < -0.3 is 19.5 Å². The number of benzene rings is 2. The number of anilines is 1. The molecule has 8 heteroatoms. The van der Waals surface area contributed by atoms with Gasteiger partial charge in [-0.25, -0.2) is 9.48 Å². The van der Waals surface area contributed by atoms with Gasteiger partial charge in [-0.3, -0.25) is 4.79 Å². The number of rotatable bonds is 4. The van der Waals surface area contributed by atoms with Crippen LogP contribution in [0.15, 0.2) is 66.8 Å². The number of nitrogens with zero attached hydrogens (tertiary/aromatic N) is 2. The highest BCUT2D eigenvalue weighted by Crippen LogP contribution is 2.34. The molecule has 0 fully saturated rings. The minimum Gasteiger partial charge on any atom is -0.486 e. The molecule has 2 aliphatic rings. The van der Waals surface area contributed by atoms with Gasteiger partial charge in [0.15, 0.2) is 17.2 Å². The van der Waals surface area contributed by atoms with Gasteiger partial charge in [-0.2, -0.15) is 5.10 Å². The normalized spacial score (nSPS) is 16.8. The van der Waals surface area contributed by atoms with Crippen LogP contribution in [0.4, 0.5) is 5.69 Å². The Morgan fingerprint density at radius 3 is 2.62 bits per heavy atom. The van der Waals surface area contributed by atoms with Crippen LogP contribution in [0, 0.1) is 0 Å². The first kappa shape index (κ1) is 21.5. The van der Waals surface area contributed by atoms with Crippen molar-refractivity contribution in [3.8, 4) is 11.5 Å². The number of fused-ring (bicyclic) bond motifs is 2. The van der Waals surface area contributed by atoms with Gasteiger partial charge in [0.1, 0.15) is 13.2 Å². The van der Waals surface area contributed by atoms with Crippen LogP contribution in [-0.2, 0) is 11.2 Å². The fourth-order valence-corrected chi connectivity index (χ4v) is 3.90. The Morgan fingerprint density at radius 1 is 1.03 bits per heavy atom. The third-order valence-electron chi connectivity index (χ3n) is 5.60. The van der Waals surface area contributed by atoms with E-state index in [-0.39, 0.29) is 5.91 Å². The number of amides is 1. The number of methoxy groups -OCH3 is 1. The highest BCUT2D eigenvalue weighted by Gasteiger charge is 2.20. The number of ether oxygens (including phenoxy) is 3. The van der Waals surface area contributed by atoms with Crippen LogP contribution in [0.3, 0.4) is 0 Å². The summed E-state index contributed by atoms with van der Waals surface area (Å²) in [7, 11) is 1.33. The average Bonchev–Trinajstić information content (AvgIpc) is 3.27. The van der Waals surface area contributed by atoms with E-state index in [9.17, 15) is 9.59 Å². The molecule has 1 aromatic heterocycles. The van der Waals surface area contributed by atoms with Crippen molar-refractivity contribution in [2.75, 3.05) is 25.6 Å². The molecule has 2 aromatic carbocycles. The lowest BCUT2D eigenvalue weighted by Crippen LogP contribution is -2.16. The number of carbonyl (C=O) groups excluding carboxylic acids is 2. The van der Waals surface area contributed by atoms with Crippen molar-refractivity contribution in [3.63, 3.8) is 0 Å². The maximum Gasteiger partial charge on any atom is 0.337 e. The fraction of sp³-hybridized carbons (Fsp3) is 0.192. The first-order valence-corrected chi connectivity index (χ1v) is 11.0. The topological polar surface area (TPSA) is 91.7 Å². The smallest absolute Gasteiger partial charge is 0.337 e. The molecule has 34 heavy (non-hydrogen) atoms. The summed E-state index contributed by atoms with van der Waals surface area (Å²) in [4.78, 5) is 24.6. The number of aryl methyl sites for hydroxylation is 1. The Labute approximate surface area is 196 Å². The Hall–Kier alpha value is -4.33. The van der Waals surface area contributed by atoms with E-state index in [2.05, 4.69) is 16.5 Å². The molecule has 0 saturated heterocycles. The van der Waals surface area contributed by atoms with Gasteiger partial charge >= 0.3 is 5.97 Å². The van der Waals surface area contributed by atoms with Gasteiger partial charge in [-0.15, -0.1) is 0 Å². The number of aromatic nitrogens is 2.